The van der Waals surface area contributed by atoms with Crippen LogP contribution in [-0.4, -0.2) is 23.8 Å². The molecule has 0 aromatic heterocycles. The molecule has 0 N–H and O–H groups in total. The van der Waals surface area contributed by atoms with Crippen molar-refractivity contribution in [3.8, 4) is 0 Å². The Morgan fingerprint density at radius 1 is 1.07 bits per heavy atom. The van der Waals surface area contributed by atoms with E-state index < -0.39 is 5.41 Å². The van der Waals surface area contributed by atoms with Crippen LogP contribution in [0, 0.1) is 30.1 Å². The van der Waals surface area contributed by atoms with Crippen molar-refractivity contribution < 1.29 is 14.3 Å². The smallest absolute Gasteiger partial charge is 0.169 e. The molecule has 2 saturated heterocycles. The Hall–Kier alpha value is -1.74. The number of hydrogen-bond acceptors (Lipinski definition) is 3. The monoisotopic (exact) mass is 408 g/mol. The van der Waals surface area contributed by atoms with Gasteiger partial charge in [0.05, 0.1) is 18.1 Å². The number of aryl methyl sites for hydroxylation is 3. The first-order valence-electron chi connectivity index (χ1n) is 11.7. The third-order valence-electron chi connectivity index (χ3n) is 7.53. The molecular weight excluding hydrogens is 372 g/mol. The zero-order chi connectivity index (χ0) is 22.0. The molecule has 162 valence electrons. The van der Waals surface area contributed by atoms with Gasteiger partial charge in [0.25, 0.3) is 0 Å². The zero-order valence-electron chi connectivity index (χ0n) is 19.6. The molecule has 0 spiro atoms. The summed E-state index contributed by atoms with van der Waals surface area (Å²) in [6.45, 7) is 14.4. The first-order chi connectivity index (χ1) is 14.1. The van der Waals surface area contributed by atoms with Gasteiger partial charge in [0, 0.05) is 22.8 Å². The molecule has 1 aliphatic carbocycles. The summed E-state index contributed by atoms with van der Waals surface area (Å²) in [5.41, 5.74) is 6.32. The quantitative estimate of drug-likeness (QED) is 0.646. The third-order valence-corrected chi connectivity index (χ3v) is 7.53. The second-order valence-corrected chi connectivity index (χ2v) is 10.5. The van der Waals surface area contributed by atoms with E-state index in [4.69, 9.17) is 4.74 Å². The highest BCUT2D eigenvalue weighted by molar-refractivity contribution is 6.27. The molecule has 4 rings (SSSR count). The van der Waals surface area contributed by atoms with E-state index in [1.54, 1.807) is 0 Å². The molecule has 2 bridgehead atoms. The Morgan fingerprint density at radius 2 is 1.60 bits per heavy atom. The first-order valence-corrected chi connectivity index (χ1v) is 11.7. The van der Waals surface area contributed by atoms with Crippen LogP contribution in [0.1, 0.15) is 76.6 Å². The number of ether oxygens (including phenoxy) is 1. The van der Waals surface area contributed by atoms with Crippen molar-refractivity contribution in [2.24, 2.45) is 23.2 Å². The summed E-state index contributed by atoms with van der Waals surface area (Å²) >= 11 is 0. The van der Waals surface area contributed by atoms with Crippen LogP contribution in [0.25, 0.3) is 5.57 Å². The molecule has 1 aromatic carbocycles. The van der Waals surface area contributed by atoms with Gasteiger partial charge < -0.3 is 4.74 Å². The SMILES string of the molecule is CCc1cc(C)cc(CC)c1C1=C(C(C)C(=O)C(C)(C)C)[C@H]2[C@@H](C1=O)[C@@H]1CC[C@H]2O1. The molecule has 2 aliphatic heterocycles. The third kappa shape index (κ3) is 3.12. The van der Waals surface area contributed by atoms with Crippen LogP contribution in [0.15, 0.2) is 17.7 Å². The van der Waals surface area contributed by atoms with Gasteiger partial charge in [0.15, 0.2) is 5.78 Å². The Balaban J connectivity index is 1.98. The molecule has 1 unspecified atom stereocenters. The summed E-state index contributed by atoms with van der Waals surface area (Å²) in [5.74, 6) is 0.152. The van der Waals surface area contributed by atoms with Crippen LogP contribution >= 0.6 is 0 Å². The van der Waals surface area contributed by atoms with E-state index in [0.29, 0.717) is 0 Å². The van der Waals surface area contributed by atoms with Crippen molar-refractivity contribution in [1.29, 1.82) is 0 Å². The summed E-state index contributed by atoms with van der Waals surface area (Å²) in [6.07, 6.45) is 3.85. The molecule has 3 heteroatoms. The number of allylic oxidation sites excluding steroid dienone is 1. The molecule has 30 heavy (non-hydrogen) atoms. The maximum atomic E-state index is 13.9. The lowest BCUT2D eigenvalue weighted by Gasteiger charge is -2.29. The minimum Gasteiger partial charge on any atom is -0.374 e. The highest BCUT2D eigenvalue weighted by atomic mass is 16.5. The van der Waals surface area contributed by atoms with Crippen LogP contribution in [0.3, 0.4) is 0 Å². The first kappa shape index (κ1) is 21.5. The lowest BCUT2D eigenvalue weighted by atomic mass is 9.72. The number of carbonyl (C=O) groups is 2. The molecule has 1 aromatic rings. The number of carbonyl (C=O) groups excluding carboxylic acids is 2. The van der Waals surface area contributed by atoms with Crippen LogP contribution in [0.4, 0.5) is 0 Å². The maximum Gasteiger partial charge on any atom is 0.169 e. The summed E-state index contributed by atoms with van der Waals surface area (Å²) < 4.78 is 6.21. The number of ketones is 2. The molecule has 2 heterocycles. The second kappa shape index (κ2) is 7.44. The number of rotatable bonds is 5. The van der Waals surface area contributed by atoms with Gasteiger partial charge >= 0.3 is 0 Å². The van der Waals surface area contributed by atoms with Crippen molar-refractivity contribution in [2.75, 3.05) is 0 Å². The van der Waals surface area contributed by atoms with E-state index in [9.17, 15) is 9.59 Å². The topological polar surface area (TPSA) is 43.4 Å². The Labute approximate surface area is 181 Å². The summed E-state index contributed by atoms with van der Waals surface area (Å²) in [7, 11) is 0. The molecule has 3 aliphatic rings. The Morgan fingerprint density at radius 3 is 2.10 bits per heavy atom. The lowest BCUT2D eigenvalue weighted by molar-refractivity contribution is -0.129. The fraction of sp³-hybridized carbons (Fsp3) is 0.630. The fourth-order valence-electron chi connectivity index (χ4n) is 6.27. The van der Waals surface area contributed by atoms with Crippen LogP contribution in [0.5, 0.6) is 0 Å². The second-order valence-electron chi connectivity index (χ2n) is 10.5. The van der Waals surface area contributed by atoms with E-state index in [2.05, 4.69) is 32.9 Å². The van der Waals surface area contributed by atoms with E-state index in [1.807, 2.05) is 27.7 Å². The van der Waals surface area contributed by atoms with E-state index in [-0.39, 0.29) is 41.5 Å². The lowest BCUT2D eigenvalue weighted by Crippen LogP contribution is -2.34. The highest BCUT2D eigenvalue weighted by Crippen LogP contribution is 2.57. The molecular formula is C27H36O3. The molecule has 0 radical (unpaired) electrons. The van der Waals surface area contributed by atoms with Gasteiger partial charge in [-0.1, -0.05) is 59.2 Å². The molecule has 2 fully saturated rings. The molecule has 3 nitrogen and oxygen atoms in total. The Kier molecular flexibility index (Phi) is 5.33. The number of hydrogen-bond donors (Lipinski definition) is 0. The largest absolute Gasteiger partial charge is 0.374 e. The van der Waals surface area contributed by atoms with Gasteiger partial charge in [-0.25, -0.2) is 0 Å². The molecule has 0 amide bonds. The number of benzene rings is 1. The summed E-state index contributed by atoms with van der Waals surface area (Å²) in [4.78, 5) is 27.3. The average molecular weight is 409 g/mol. The van der Waals surface area contributed by atoms with Crippen LogP contribution in [-0.2, 0) is 27.2 Å². The standard InChI is InChI=1S/C27H36O3/c1-8-16-12-14(3)13-17(9-2)21(16)24-20(15(4)26(29)27(5,6)7)22-18-10-11-19(30-18)23(22)25(24)28/h12-13,15,18-19,22-23H,8-11H2,1-7H3/t15?,18-,19+,22+,23+/m1/s1. The van der Waals surface area contributed by atoms with Crippen molar-refractivity contribution in [3.63, 3.8) is 0 Å². The summed E-state index contributed by atoms with van der Waals surface area (Å²) in [5, 5.41) is 0. The minimum absolute atomic E-state index is 0.0255. The van der Waals surface area contributed by atoms with Crippen LogP contribution in [0.2, 0.25) is 0 Å². The van der Waals surface area contributed by atoms with Gasteiger partial charge in [0.1, 0.15) is 5.78 Å². The normalized spacial score (nSPS) is 29.0. The predicted molar refractivity (Wildman–Crippen MR) is 120 cm³/mol. The van der Waals surface area contributed by atoms with Crippen molar-refractivity contribution in [2.45, 2.75) is 86.4 Å². The van der Waals surface area contributed by atoms with Gasteiger partial charge in [-0.15, -0.1) is 0 Å². The number of Topliss-reactive ketones (excluding diaryl/α,β-unsaturated/α-hetero) is 2. The minimum atomic E-state index is -0.439. The highest BCUT2D eigenvalue weighted by Gasteiger charge is 2.60. The van der Waals surface area contributed by atoms with Crippen molar-refractivity contribution >= 4 is 17.1 Å². The Bertz CT molecular complexity index is 905. The fourth-order valence-corrected chi connectivity index (χ4v) is 6.27. The van der Waals surface area contributed by atoms with Crippen molar-refractivity contribution in [1.82, 2.24) is 0 Å². The van der Waals surface area contributed by atoms with E-state index in [0.717, 1.165) is 42.4 Å². The van der Waals surface area contributed by atoms with Gasteiger partial charge in [-0.05, 0) is 54.9 Å². The van der Waals surface area contributed by atoms with Crippen LogP contribution < -0.4 is 0 Å². The maximum absolute atomic E-state index is 13.9. The predicted octanol–water partition coefficient (Wildman–Crippen LogP) is 5.50. The summed E-state index contributed by atoms with van der Waals surface area (Å²) in [6, 6.07) is 4.45. The van der Waals surface area contributed by atoms with Crippen molar-refractivity contribution in [3.05, 3.63) is 40.0 Å². The van der Waals surface area contributed by atoms with Gasteiger partial charge in [0.2, 0.25) is 0 Å². The average Bonchev–Trinajstić information content (AvgIpc) is 3.38. The molecule has 5 atom stereocenters. The van der Waals surface area contributed by atoms with Gasteiger partial charge in [-0.2, -0.15) is 0 Å². The van der Waals surface area contributed by atoms with Gasteiger partial charge in [-0.3, -0.25) is 9.59 Å². The van der Waals surface area contributed by atoms with E-state index >= 15 is 0 Å². The molecule has 0 saturated carbocycles. The zero-order valence-corrected chi connectivity index (χ0v) is 19.6. The van der Waals surface area contributed by atoms with E-state index in [1.165, 1.54) is 16.7 Å². The number of fused-ring (bicyclic) bond motifs is 5.